The van der Waals surface area contributed by atoms with E-state index in [1.165, 1.54) is 0 Å². The summed E-state index contributed by atoms with van der Waals surface area (Å²) < 4.78 is 10.2. The molecular weight excluding hydrogens is 232 g/mol. The minimum Gasteiger partial charge on any atom is -0.466 e. The van der Waals surface area contributed by atoms with E-state index in [1.807, 2.05) is 0 Å². The fraction of sp³-hybridized carbons (Fsp3) is 0.714. The molecule has 4 nitrogen and oxygen atoms in total. The molecule has 0 aromatic heterocycles. The zero-order valence-corrected chi connectivity index (χ0v) is 10.9. The Balaban J connectivity index is 2.20. The Bertz CT molecular complexity index is 327. The van der Waals surface area contributed by atoms with E-state index in [9.17, 15) is 9.59 Å². The minimum atomic E-state index is -0.354. The maximum atomic E-state index is 12.0. The van der Waals surface area contributed by atoms with Crippen LogP contribution in [0.1, 0.15) is 26.7 Å². The lowest BCUT2D eigenvalue weighted by molar-refractivity contribution is -0.167. The number of hydrogen-bond donors (Lipinski definition) is 0. The van der Waals surface area contributed by atoms with Crippen molar-refractivity contribution in [3.63, 3.8) is 0 Å². The van der Waals surface area contributed by atoms with Crippen LogP contribution in [0.25, 0.3) is 0 Å². The quantitative estimate of drug-likeness (QED) is 0.567. The van der Waals surface area contributed by atoms with Crippen molar-refractivity contribution in [1.82, 2.24) is 0 Å². The summed E-state index contributed by atoms with van der Waals surface area (Å²) in [5.74, 6) is -0.961. The second-order valence-corrected chi connectivity index (χ2v) is 4.85. The normalized spacial score (nSPS) is 33.2. The van der Waals surface area contributed by atoms with Crippen LogP contribution < -0.4 is 0 Å². The topological polar surface area (TPSA) is 52.6 Å². The summed E-state index contributed by atoms with van der Waals surface area (Å²) in [4.78, 5) is 24.1. The zero-order valence-electron chi connectivity index (χ0n) is 10.9. The van der Waals surface area contributed by atoms with Crippen molar-refractivity contribution in [3.05, 3.63) is 12.2 Å². The number of hydrogen-bond acceptors (Lipinski definition) is 4. The summed E-state index contributed by atoms with van der Waals surface area (Å²) in [5, 5.41) is 0. The van der Waals surface area contributed by atoms with Crippen LogP contribution in [0.15, 0.2) is 12.2 Å². The Morgan fingerprint density at radius 1 is 0.944 bits per heavy atom. The van der Waals surface area contributed by atoms with E-state index in [1.54, 1.807) is 13.8 Å². The molecule has 1 fully saturated rings. The molecule has 0 saturated heterocycles. The number of esters is 2. The predicted octanol–water partition coefficient (Wildman–Crippen LogP) is 1.94. The third-order valence-electron chi connectivity index (χ3n) is 3.87. The van der Waals surface area contributed by atoms with Gasteiger partial charge in [0.2, 0.25) is 0 Å². The van der Waals surface area contributed by atoms with Gasteiger partial charge >= 0.3 is 11.9 Å². The molecule has 18 heavy (non-hydrogen) atoms. The summed E-state index contributed by atoms with van der Waals surface area (Å²) in [5.41, 5.74) is 0. The van der Waals surface area contributed by atoms with Crippen molar-refractivity contribution >= 4 is 11.9 Å². The first-order valence-corrected chi connectivity index (χ1v) is 6.70. The maximum Gasteiger partial charge on any atom is 0.310 e. The van der Waals surface area contributed by atoms with Crippen LogP contribution in [0.5, 0.6) is 0 Å². The number of fused-ring (bicyclic) bond motifs is 2. The molecule has 100 valence electrons. The summed E-state index contributed by atoms with van der Waals surface area (Å²) in [7, 11) is 0. The van der Waals surface area contributed by atoms with Crippen molar-refractivity contribution in [3.8, 4) is 0 Å². The van der Waals surface area contributed by atoms with Gasteiger partial charge in [-0.25, -0.2) is 0 Å². The highest BCUT2D eigenvalue weighted by molar-refractivity contribution is 5.83. The molecule has 0 amide bonds. The fourth-order valence-corrected chi connectivity index (χ4v) is 3.11. The molecule has 4 atom stereocenters. The van der Waals surface area contributed by atoms with Crippen LogP contribution in [0, 0.1) is 23.7 Å². The van der Waals surface area contributed by atoms with Crippen LogP contribution in [-0.4, -0.2) is 25.2 Å². The molecule has 3 aliphatic rings. The molecule has 0 aromatic carbocycles. The summed E-state index contributed by atoms with van der Waals surface area (Å²) in [6, 6.07) is 0. The molecule has 0 spiro atoms. The molecule has 0 aliphatic heterocycles. The lowest BCUT2D eigenvalue weighted by atomic mass is 9.62. The number of carbonyl (C=O) groups is 2. The zero-order chi connectivity index (χ0) is 13.1. The van der Waals surface area contributed by atoms with Gasteiger partial charge in [-0.3, -0.25) is 9.59 Å². The number of ether oxygens (including phenoxy) is 2. The minimum absolute atomic E-state index is 0.128. The van der Waals surface area contributed by atoms with Crippen molar-refractivity contribution in [2.75, 3.05) is 13.2 Å². The first-order valence-electron chi connectivity index (χ1n) is 6.70. The van der Waals surface area contributed by atoms with Crippen LogP contribution in [0.4, 0.5) is 0 Å². The van der Waals surface area contributed by atoms with Gasteiger partial charge in [-0.15, -0.1) is 0 Å². The highest BCUT2D eigenvalue weighted by Crippen LogP contribution is 2.45. The number of carbonyl (C=O) groups excluding carboxylic acids is 2. The van der Waals surface area contributed by atoms with Crippen molar-refractivity contribution in [1.29, 1.82) is 0 Å². The molecule has 3 aliphatic carbocycles. The second-order valence-electron chi connectivity index (χ2n) is 4.85. The van der Waals surface area contributed by atoms with Crippen molar-refractivity contribution in [2.24, 2.45) is 23.7 Å². The van der Waals surface area contributed by atoms with Gasteiger partial charge in [0, 0.05) is 0 Å². The summed E-state index contributed by atoms with van der Waals surface area (Å²) >= 11 is 0. The van der Waals surface area contributed by atoms with Gasteiger partial charge in [-0.1, -0.05) is 12.2 Å². The van der Waals surface area contributed by atoms with Crippen molar-refractivity contribution < 1.29 is 19.1 Å². The van der Waals surface area contributed by atoms with E-state index < -0.39 is 0 Å². The molecule has 3 rings (SSSR count). The molecule has 0 radical (unpaired) electrons. The molecule has 2 bridgehead atoms. The first-order chi connectivity index (χ1) is 8.69. The number of rotatable bonds is 4. The van der Waals surface area contributed by atoms with Gasteiger partial charge < -0.3 is 9.47 Å². The number of allylic oxidation sites excluding steroid dienone is 2. The fourth-order valence-electron chi connectivity index (χ4n) is 3.11. The molecule has 4 heteroatoms. The van der Waals surface area contributed by atoms with Crippen molar-refractivity contribution in [2.45, 2.75) is 26.7 Å². The van der Waals surface area contributed by atoms with E-state index in [4.69, 9.17) is 9.47 Å². The predicted molar refractivity (Wildman–Crippen MR) is 65.6 cm³/mol. The Hall–Kier alpha value is -1.32. The Kier molecular flexibility index (Phi) is 4.04. The maximum absolute atomic E-state index is 12.0. The van der Waals surface area contributed by atoms with Gasteiger partial charge in [0.15, 0.2) is 0 Å². The van der Waals surface area contributed by atoms with Crippen LogP contribution in [0.3, 0.4) is 0 Å². The molecule has 0 heterocycles. The van der Waals surface area contributed by atoms with Gasteiger partial charge in [0.05, 0.1) is 25.0 Å². The van der Waals surface area contributed by atoms with Crippen LogP contribution >= 0.6 is 0 Å². The third-order valence-corrected chi connectivity index (χ3v) is 3.87. The highest BCUT2D eigenvalue weighted by atomic mass is 16.5. The largest absolute Gasteiger partial charge is 0.466 e. The average molecular weight is 252 g/mol. The monoisotopic (exact) mass is 252 g/mol. The van der Waals surface area contributed by atoms with E-state index in [0.29, 0.717) is 13.2 Å². The lowest BCUT2D eigenvalue weighted by Crippen LogP contribution is -2.46. The molecule has 1 saturated carbocycles. The van der Waals surface area contributed by atoms with Crippen LogP contribution in [0.2, 0.25) is 0 Å². The van der Waals surface area contributed by atoms with Gasteiger partial charge in [0.25, 0.3) is 0 Å². The lowest BCUT2D eigenvalue weighted by Gasteiger charge is -2.41. The molecule has 0 aromatic rings. The molecule has 0 unspecified atom stereocenters. The Labute approximate surface area is 107 Å². The van der Waals surface area contributed by atoms with Gasteiger partial charge in [-0.2, -0.15) is 0 Å². The summed E-state index contributed by atoms with van der Waals surface area (Å²) in [6.45, 7) is 4.28. The second kappa shape index (κ2) is 5.55. The third kappa shape index (κ3) is 2.28. The Morgan fingerprint density at radius 3 is 1.61 bits per heavy atom. The molecule has 0 N–H and O–H groups in total. The Morgan fingerprint density at radius 2 is 1.33 bits per heavy atom. The van der Waals surface area contributed by atoms with Crippen LogP contribution in [-0.2, 0) is 19.1 Å². The standard InChI is InChI=1S/C14H20O4/c1-3-17-13(15)11-9-5-7-10(8-6-9)12(11)14(16)18-4-2/h5,7,9-12H,3-4,6,8H2,1-2H3/t9-,10+,11-,12-/m0/s1. The van der Waals surface area contributed by atoms with Gasteiger partial charge in [0.1, 0.15) is 0 Å². The summed E-state index contributed by atoms with van der Waals surface area (Å²) in [6.07, 6.45) is 6.04. The van der Waals surface area contributed by atoms with E-state index >= 15 is 0 Å². The van der Waals surface area contributed by atoms with E-state index in [-0.39, 0.29) is 35.6 Å². The van der Waals surface area contributed by atoms with E-state index in [2.05, 4.69) is 12.2 Å². The van der Waals surface area contributed by atoms with E-state index in [0.717, 1.165) is 12.8 Å². The SMILES string of the molecule is CCOC(=O)[C@@H]1[C@@H](C(=O)OCC)[C@H]2C=C[C@@H]1CC2. The van der Waals surface area contributed by atoms with Gasteiger partial charge in [-0.05, 0) is 38.5 Å². The first kappa shape index (κ1) is 13.1. The molecular formula is C14H20O4. The average Bonchev–Trinajstić information content (AvgIpc) is 2.39. The smallest absolute Gasteiger partial charge is 0.310 e. The highest BCUT2D eigenvalue weighted by Gasteiger charge is 2.49.